The zero-order chi connectivity index (χ0) is 20.2. The Balaban J connectivity index is 0.000000387. The second-order valence-corrected chi connectivity index (χ2v) is 4.62. The van der Waals surface area contributed by atoms with Gasteiger partial charge in [-0.25, -0.2) is 19.1 Å². The molecule has 0 radical (unpaired) electrons. The molecule has 2 N–H and O–H groups in total. The van der Waals surface area contributed by atoms with Crippen molar-refractivity contribution in [2.24, 2.45) is 0 Å². The number of carbonyl (C=O) groups excluding carboxylic acids is 2. The van der Waals surface area contributed by atoms with Gasteiger partial charge in [0, 0.05) is 30.7 Å². The number of carboxylic acid groups (broad SMARTS) is 2. The molecule has 1 amide bonds. The molecule has 2 rings (SSSR count). The van der Waals surface area contributed by atoms with Gasteiger partial charge in [-0.3, -0.25) is 9.78 Å². The maximum atomic E-state index is 12.1. The first-order valence-corrected chi connectivity index (χ1v) is 7.54. The summed E-state index contributed by atoms with van der Waals surface area (Å²) in [6, 6.07) is 6.61. The van der Waals surface area contributed by atoms with E-state index in [4.69, 9.17) is 14.9 Å². The van der Waals surface area contributed by atoms with Gasteiger partial charge in [0.25, 0.3) is 0 Å². The van der Waals surface area contributed by atoms with E-state index in [1.54, 1.807) is 49.8 Å². The van der Waals surface area contributed by atoms with Crippen molar-refractivity contribution in [3.8, 4) is 0 Å². The number of anilines is 1. The van der Waals surface area contributed by atoms with Crippen LogP contribution in [0.15, 0.2) is 55.0 Å². The van der Waals surface area contributed by atoms with E-state index in [-0.39, 0.29) is 6.61 Å². The molecule has 0 spiro atoms. The number of carbonyl (C=O) groups is 4. The molecule has 2 aromatic rings. The van der Waals surface area contributed by atoms with E-state index >= 15 is 0 Å². The van der Waals surface area contributed by atoms with Gasteiger partial charge in [-0.05, 0) is 31.2 Å². The Morgan fingerprint density at radius 2 is 1.74 bits per heavy atom. The third kappa shape index (κ3) is 6.82. The van der Waals surface area contributed by atoms with Gasteiger partial charge in [0.05, 0.1) is 12.3 Å². The predicted molar refractivity (Wildman–Crippen MR) is 93.4 cm³/mol. The Morgan fingerprint density at radius 1 is 1.15 bits per heavy atom. The molecule has 142 valence electrons. The summed E-state index contributed by atoms with van der Waals surface area (Å²) in [5.41, 5.74) is 0.914. The van der Waals surface area contributed by atoms with Crippen molar-refractivity contribution in [1.29, 1.82) is 0 Å². The second kappa shape index (κ2) is 10.8. The smallest absolute Gasteiger partial charge is 0.433 e. The number of aldehydes is 1. The summed E-state index contributed by atoms with van der Waals surface area (Å²) in [5.74, 6) is -2.51. The van der Waals surface area contributed by atoms with Crippen LogP contribution in [0, 0.1) is 0 Å². The number of hydrogen-bond acceptors (Lipinski definition) is 6. The van der Waals surface area contributed by atoms with E-state index in [9.17, 15) is 19.2 Å². The van der Waals surface area contributed by atoms with Crippen LogP contribution in [0.4, 0.5) is 10.5 Å². The van der Waals surface area contributed by atoms with Crippen LogP contribution in [0.2, 0.25) is 0 Å². The summed E-state index contributed by atoms with van der Waals surface area (Å²) in [4.78, 5) is 46.1. The number of ether oxygens (including phenoxy) is 1. The lowest BCUT2D eigenvalue weighted by Gasteiger charge is -2.23. The molecule has 0 bridgehead atoms. The van der Waals surface area contributed by atoms with Gasteiger partial charge in [-0.15, -0.1) is 0 Å². The van der Waals surface area contributed by atoms with Gasteiger partial charge in [0.1, 0.15) is 5.69 Å². The average molecular weight is 375 g/mol. The molecule has 0 aliphatic carbocycles. The highest BCUT2D eigenvalue weighted by Crippen LogP contribution is 2.17. The molecule has 0 unspecified atom stereocenters. The molecular weight excluding hydrogens is 358 g/mol. The van der Waals surface area contributed by atoms with Gasteiger partial charge in [-0.1, -0.05) is 0 Å². The van der Waals surface area contributed by atoms with Crippen molar-refractivity contribution in [2.75, 3.05) is 11.6 Å². The summed E-state index contributed by atoms with van der Waals surface area (Å²) in [5, 5.41) is 16.9. The van der Waals surface area contributed by atoms with Crippen LogP contribution in [-0.2, 0) is 14.3 Å². The number of aromatic nitrogens is 2. The minimum Gasteiger partial charge on any atom is -0.478 e. The fourth-order valence-electron chi connectivity index (χ4n) is 1.79. The lowest BCUT2D eigenvalue weighted by atomic mass is 10.4. The maximum absolute atomic E-state index is 12.1. The number of amides is 1. The fraction of sp³-hybridized carbons (Fsp3) is 0.118. The van der Waals surface area contributed by atoms with Crippen molar-refractivity contribution in [3.63, 3.8) is 0 Å². The molecule has 0 saturated carbocycles. The third-order valence-corrected chi connectivity index (χ3v) is 2.81. The molecule has 27 heavy (non-hydrogen) atoms. The quantitative estimate of drug-likeness (QED) is 0.576. The molecule has 0 aliphatic heterocycles. The van der Waals surface area contributed by atoms with Gasteiger partial charge >= 0.3 is 18.0 Å². The number of nitrogens with zero attached hydrogens (tertiary/aromatic N) is 3. The third-order valence-electron chi connectivity index (χ3n) is 2.81. The van der Waals surface area contributed by atoms with Crippen molar-refractivity contribution in [3.05, 3.63) is 60.7 Å². The summed E-state index contributed by atoms with van der Waals surface area (Å²) < 4.78 is 6.44. The van der Waals surface area contributed by atoms with Crippen molar-refractivity contribution >= 4 is 30.0 Å². The Hall–Kier alpha value is -3.95. The van der Waals surface area contributed by atoms with E-state index in [1.165, 1.54) is 9.69 Å². The summed E-state index contributed by atoms with van der Waals surface area (Å²) in [7, 11) is 0. The molecule has 10 heteroatoms. The number of rotatable bonds is 6. The zero-order valence-electron chi connectivity index (χ0n) is 14.3. The predicted octanol–water partition coefficient (Wildman–Crippen LogP) is 1.83. The van der Waals surface area contributed by atoms with Crippen LogP contribution in [0.25, 0.3) is 0 Å². The Bertz CT molecular complexity index is 799. The highest BCUT2D eigenvalue weighted by atomic mass is 16.6. The van der Waals surface area contributed by atoms with E-state index in [0.29, 0.717) is 29.8 Å². The fourth-order valence-corrected chi connectivity index (χ4v) is 1.79. The van der Waals surface area contributed by atoms with Crippen LogP contribution < -0.4 is 5.01 Å². The standard InChI is InChI=1S/C13H13N3O3.C4H4O4/c1-2-19-13(18)16(11-5-7-14-8-6-11)15-9-3-4-12(15)10-17;5-3(6)1-2-4(7)8/h3-10H,2H2,1H3;1-2H,(H,5,6)(H,7,8)/b;2-1-. The number of hydrogen-bond donors (Lipinski definition) is 2. The monoisotopic (exact) mass is 375 g/mol. The highest BCUT2D eigenvalue weighted by Gasteiger charge is 2.20. The Morgan fingerprint density at radius 3 is 2.22 bits per heavy atom. The maximum Gasteiger partial charge on any atom is 0.433 e. The molecule has 0 saturated heterocycles. The summed E-state index contributed by atoms with van der Waals surface area (Å²) in [6.45, 7) is 1.97. The number of aliphatic carboxylic acids is 2. The molecule has 0 aliphatic rings. The van der Waals surface area contributed by atoms with Crippen LogP contribution in [0.1, 0.15) is 17.4 Å². The highest BCUT2D eigenvalue weighted by molar-refractivity contribution is 5.89. The normalized spacial score (nSPS) is 9.81. The van der Waals surface area contributed by atoms with Gasteiger partial charge in [0.15, 0.2) is 6.29 Å². The molecule has 0 fully saturated rings. The van der Waals surface area contributed by atoms with Crippen molar-refractivity contribution < 1.29 is 34.1 Å². The first kappa shape index (κ1) is 21.1. The molecule has 0 aromatic carbocycles. The zero-order valence-corrected chi connectivity index (χ0v) is 14.3. The number of carboxylic acids is 2. The summed E-state index contributed by atoms with van der Waals surface area (Å²) in [6.07, 6.45) is 5.96. The average Bonchev–Trinajstić information content (AvgIpc) is 3.10. The topological polar surface area (TPSA) is 139 Å². The lowest BCUT2D eigenvalue weighted by Crippen LogP contribution is -2.37. The van der Waals surface area contributed by atoms with Crippen molar-refractivity contribution in [2.45, 2.75) is 6.92 Å². The van der Waals surface area contributed by atoms with Gasteiger partial charge in [0.2, 0.25) is 0 Å². The lowest BCUT2D eigenvalue weighted by molar-refractivity contribution is -0.134. The molecule has 2 aromatic heterocycles. The van der Waals surface area contributed by atoms with Gasteiger partial charge < -0.3 is 14.9 Å². The van der Waals surface area contributed by atoms with Crippen LogP contribution >= 0.6 is 0 Å². The summed E-state index contributed by atoms with van der Waals surface area (Å²) >= 11 is 0. The first-order valence-electron chi connectivity index (χ1n) is 7.54. The minimum absolute atomic E-state index is 0.248. The Labute approximate surface area is 153 Å². The second-order valence-electron chi connectivity index (χ2n) is 4.62. The SMILES string of the molecule is CCOC(=O)N(c1ccncc1)n1cccc1C=O.O=C(O)/C=C\C(=O)O. The molecule has 2 heterocycles. The van der Waals surface area contributed by atoms with E-state index in [0.717, 1.165) is 0 Å². The molecule has 0 atom stereocenters. The molecular formula is C17H17N3O7. The Kier molecular flexibility index (Phi) is 8.45. The first-order chi connectivity index (χ1) is 12.9. The minimum atomic E-state index is -1.26. The van der Waals surface area contributed by atoms with E-state index in [2.05, 4.69) is 4.98 Å². The van der Waals surface area contributed by atoms with E-state index < -0.39 is 18.0 Å². The van der Waals surface area contributed by atoms with E-state index in [1.807, 2.05) is 0 Å². The van der Waals surface area contributed by atoms with Crippen molar-refractivity contribution in [1.82, 2.24) is 9.66 Å². The van der Waals surface area contributed by atoms with Crippen LogP contribution in [0.5, 0.6) is 0 Å². The van der Waals surface area contributed by atoms with Gasteiger partial charge in [-0.2, -0.15) is 5.01 Å². The van der Waals surface area contributed by atoms with Crippen LogP contribution in [0.3, 0.4) is 0 Å². The largest absolute Gasteiger partial charge is 0.478 e. The molecule has 10 nitrogen and oxygen atoms in total. The van der Waals surface area contributed by atoms with Crippen LogP contribution in [-0.4, -0.2) is 50.8 Å². The number of pyridine rings is 1.